The summed E-state index contributed by atoms with van der Waals surface area (Å²) in [4.78, 5) is 16.6. The Kier molecular flexibility index (Phi) is 4.98. The molecule has 0 aliphatic carbocycles. The zero-order chi connectivity index (χ0) is 16.9. The summed E-state index contributed by atoms with van der Waals surface area (Å²) < 4.78 is 0. The van der Waals surface area contributed by atoms with E-state index in [0.717, 1.165) is 16.8 Å². The van der Waals surface area contributed by atoms with Gasteiger partial charge in [0.05, 0.1) is 5.69 Å². The molecule has 3 aromatic rings. The Morgan fingerprint density at radius 3 is 2.50 bits per heavy atom. The second-order valence-corrected chi connectivity index (χ2v) is 6.44. The van der Waals surface area contributed by atoms with Crippen LogP contribution in [0.2, 0.25) is 0 Å². The minimum absolute atomic E-state index is 0.231. The molecule has 0 unspecified atom stereocenters. The molecule has 0 fully saturated rings. The maximum absolute atomic E-state index is 12.1. The Hall–Kier alpha value is -2.57. The lowest BCUT2D eigenvalue weighted by Gasteiger charge is -2.07. The monoisotopic (exact) mass is 353 g/mol. The third-order valence-corrected chi connectivity index (χ3v) is 4.30. The van der Waals surface area contributed by atoms with Crippen LogP contribution in [0.1, 0.15) is 15.9 Å². The first-order valence-corrected chi connectivity index (χ1v) is 8.60. The molecule has 2 aromatic carbocycles. The quantitative estimate of drug-likeness (QED) is 0.691. The van der Waals surface area contributed by atoms with Gasteiger partial charge >= 0.3 is 0 Å². The maximum atomic E-state index is 12.1. The zero-order valence-corrected chi connectivity index (χ0v) is 14.6. The van der Waals surface area contributed by atoms with Gasteiger partial charge in [0.15, 0.2) is 10.2 Å². The van der Waals surface area contributed by atoms with Gasteiger partial charge in [0.25, 0.3) is 5.91 Å². The van der Waals surface area contributed by atoms with E-state index in [1.807, 2.05) is 54.8 Å². The molecule has 0 radical (unpaired) electrons. The molecule has 120 valence electrons. The first-order valence-electron chi connectivity index (χ1n) is 7.32. The molecular weight excluding hydrogens is 338 g/mol. The number of anilines is 1. The molecular formula is C18H15N3OS2. The van der Waals surface area contributed by atoms with Crippen molar-refractivity contribution in [1.29, 1.82) is 0 Å². The number of aromatic nitrogens is 1. The third kappa shape index (κ3) is 4.04. The molecule has 2 N–H and O–H groups in total. The molecule has 1 amide bonds. The van der Waals surface area contributed by atoms with Crippen molar-refractivity contribution in [3.05, 3.63) is 71.1 Å². The summed E-state index contributed by atoms with van der Waals surface area (Å²) in [5, 5.41) is 8.43. The molecule has 3 rings (SSSR count). The second kappa shape index (κ2) is 7.33. The van der Waals surface area contributed by atoms with E-state index in [9.17, 15) is 4.79 Å². The van der Waals surface area contributed by atoms with Crippen LogP contribution in [-0.4, -0.2) is 16.0 Å². The topological polar surface area (TPSA) is 54.0 Å². The predicted molar refractivity (Wildman–Crippen MR) is 102 cm³/mol. The number of thiazole rings is 1. The molecule has 0 bridgehead atoms. The molecule has 4 nitrogen and oxygen atoms in total. The molecule has 0 atom stereocenters. The van der Waals surface area contributed by atoms with Crippen LogP contribution < -0.4 is 10.6 Å². The normalized spacial score (nSPS) is 10.2. The number of benzene rings is 2. The fourth-order valence-corrected chi connectivity index (χ4v) is 3.06. The molecule has 6 heteroatoms. The van der Waals surface area contributed by atoms with E-state index in [4.69, 9.17) is 12.2 Å². The summed E-state index contributed by atoms with van der Waals surface area (Å²) in [7, 11) is 0. The summed E-state index contributed by atoms with van der Waals surface area (Å²) in [6.45, 7) is 1.97. The van der Waals surface area contributed by atoms with E-state index in [2.05, 4.69) is 15.6 Å². The number of amides is 1. The van der Waals surface area contributed by atoms with E-state index in [0.29, 0.717) is 10.7 Å². The average Bonchev–Trinajstić information content (AvgIpc) is 3.04. The smallest absolute Gasteiger partial charge is 0.257 e. The highest BCUT2D eigenvalue weighted by Crippen LogP contribution is 2.24. The molecule has 0 saturated carbocycles. The Balaban J connectivity index is 1.62. The molecule has 0 aliphatic heterocycles. The van der Waals surface area contributed by atoms with Crippen LogP contribution in [-0.2, 0) is 0 Å². The van der Waals surface area contributed by atoms with Crippen LogP contribution in [0.25, 0.3) is 11.3 Å². The number of thiocarbonyl (C=S) groups is 1. The maximum Gasteiger partial charge on any atom is 0.257 e. The van der Waals surface area contributed by atoms with Gasteiger partial charge in [0.1, 0.15) is 0 Å². The Labute approximate surface area is 149 Å². The number of carbonyl (C=O) groups is 1. The van der Waals surface area contributed by atoms with Gasteiger partial charge in [0, 0.05) is 16.5 Å². The van der Waals surface area contributed by atoms with E-state index < -0.39 is 0 Å². The highest BCUT2D eigenvalue weighted by atomic mass is 32.1. The van der Waals surface area contributed by atoms with E-state index in [-0.39, 0.29) is 11.0 Å². The molecule has 0 aliphatic rings. The van der Waals surface area contributed by atoms with Gasteiger partial charge in [-0.25, -0.2) is 4.98 Å². The number of carbonyl (C=O) groups excluding carboxylic acids is 1. The van der Waals surface area contributed by atoms with Crippen molar-refractivity contribution in [2.75, 3.05) is 5.32 Å². The van der Waals surface area contributed by atoms with E-state index in [1.165, 1.54) is 11.3 Å². The minimum Gasteiger partial charge on any atom is -0.308 e. The summed E-state index contributed by atoms with van der Waals surface area (Å²) in [6, 6.07) is 17.2. The number of nitrogens with one attached hydrogen (secondary N) is 2. The van der Waals surface area contributed by atoms with Crippen molar-refractivity contribution >= 4 is 39.7 Å². The lowest BCUT2D eigenvalue weighted by molar-refractivity contribution is 0.0978. The van der Waals surface area contributed by atoms with Crippen LogP contribution >= 0.6 is 23.6 Å². The van der Waals surface area contributed by atoms with Crippen LogP contribution in [0.5, 0.6) is 0 Å². The van der Waals surface area contributed by atoms with Gasteiger partial charge < -0.3 is 5.32 Å². The van der Waals surface area contributed by atoms with Gasteiger partial charge in [0.2, 0.25) is 0 Å². The van der Waals surface area contributed by atoms with Crippen molar-refractivity contribution in [2.45, 2.75) is 6.92 Å². The largest absolute Gasteiger partial charge is 0.308 e. The molecule has 0 spiro atoms. The van der Waals surface area contributed by atoms with Crippen molar-refractivity contribution in [3.63, 3.8) is 0 Å². The van der Waals surface area contributed by atoms with Crippen LogP contribution in [0, 0.1) is 6.92 Å². The van der Waals surface area contributed by atoms with Gasteiger partial charge in [-0.05, 0) is 31.3 Å². The lowest BCUT2D eigenvalue weighted by Crippen LogP contribution is -2.34. The first kappa shape index (κ1) is 16.3. The average molecular weight is 353 g/mol. The fraction of sp³-hybridized carbons (Fsp3) is 0.0556. The molecule has 24 heavy (non-hydrogen) atoms. The lowest BCUT2D eigenvalue weighted by atomic mass is 10.1. The summed E-state index contributed by atoms with van der Waals surface area (Å²) in [5.41, 5.74) is 3.57. The first-order chi connectivity index (χ1) is 11.6. The summed E-state index contributed by atoms with van der Waals surface area (Å²) in [6.07, 6.45) is 0. The Morgan fingerprint density at radius 1 is 1.08 bits per heavy atom. The van der Waals surface area contributed by atoms with Crippen LogP contribution in [0.3, 0.4) is 0 Å². The van der Waals surface area contributed by atoms with Crippen molar-refractivity contribution in [2.24, 2.45) is 0 Å². The van der Waals surface area contributed by atoms with Gasteiger partial charge in [-0.2, -0.15) is 0 Å². The highest BCUT2D eigenvalue weighted by molar-refractivity contribution is 7.80. The SMILES string of the molecule is Cc1ccc(C(=O)NC(=S)Nc2nc(-c3ccccc3)cs2)cc1. The number of aryl methyl sites for hydroxylation is 1. The zero-order valence-electron chi connectivity index (χ0n) is 12.9. The number of hydrogen-bond donors (Lipinski definition) is 2. The number of nitrogens with zero attached hydrogens (tertiary/aromatic N) is 1. The molecule has 1 aromatic heterocycles. The Bertz CT molecular complexity index is 857. The predicted octanol–water partition coefficient (Wildman–Crippen LogP) is 4.25. The Morgan fingerprint density at radius 2 is 1.79 bits per heavy atom. The molecule has 1 heterocycles. The van der Waals surface area contributed by atoms with Crippen molar-refractivity contribution in [3.8, 4) is 11.3 Å². The second-order valence-electron chi connectivity index (χ2n) is 5.18. The summed E-state index contributed by atoms with van der Waals surface area (Å²) >= 11 is 6.62. The highest BCUT2D eigenvalue weighted by Gasteiger charge is 2.10. The third-order valence-electron chi connectivity index (χ3n) is 3.34. The van der Waals surface area contributed by atoms with Crippen molar-refractivity contribution in [1.82, 2.24) is 10.3 Å². The summed E-state index contributed by atoms with van der Waals surface area (Å²) in [5.74, 6) is -0.243. The fourth-order valence-electron chi connectivity index (χ4n) is 2.08. The van der Waals surface area contributed by atoms with Crippen LogP contribution in [0.15, 0.2) is 60.0 Å². The number of rotatable bonds is 3. The standard InChI is InChI=1S/C18H15N3OS2/c1-12-7-9-14(10-8-12)16(22)20-17(23)21-18-19-15(11-24-18)13-5-3-2-4-6-13/h2-11H,1H3,(H2,19,20,21,22,23). The van der Waals surface area contributed by atoms with Crippen molar-refractivity contribution < 1.29 is 4.79 Å². The minimum atomic E-state index is -0.243. The van der Waals surface area contributed by atoms with E-state index >= 15 is 0 Å². The van der Waals surface area contributed by atoms with Gasteiger partial charge in [-0.15, -0.1) is 11.3 Å². The van der Waals surface area contributed by atoms with Crippen LogP contribution in [0.4, 0.5) is 5.13 Å². The van der Waals surface area contributed by atoms with Gasteiger partial charge in [-0.1, -0.05) is 48.0 Å². The van der Waals surface area contributed by atoms with E-state index in [1.54, 1.807) is 12.1 Å². The van der Waals surface area contributed by atoms with Gasteiger partial charge in [-0.3, -0.25) is 10.1 Å². The molecule has 0 saturated heterocycles. The number of hydrogen-bond acceptors (Lipinski definition) is 4.